The van der Waals surface area contributed by atoms with Crippen LogP contribution >= 0.6 is 11.3 Å². The molecule has 0 amide bonds. The minimum Gasteiger partial charge on any atom is -0.454 e. The fourth-order valence-electron chi connectivity index (χ4n) is 3.60. The smallest absolute Gasteiger partial charge is 0.231 e. The van der Waals surface area contributed by atoms with Gasteiger partial charge < -0.3 is 20.5 Å². The molecule has 0 saturated carbocycles. The second-order valence-corrected chi connectivity index (χ2v) is 10.6. The third kappa shape index (κ3) is 3.89. The van der Waals surface area contributed by atoms with Crippen molar-refractivity contribution in [3.63, 3.8) is 0 Å². The van der Waals surface area contributed by atoms with Gasteiger partial charge >= 0.3 is 0 Å². The number of rotatable bonds is 6. The molecule has 5 rings (SSSR count). The molecule has 1 aliphatic rings. The third-order valence-corrected chi connectivity index (χ3v) is 8.48. The minimum absolute atomic E-state index is 0.0816. The number of aryl methyl sites for hydroxylation is 1. The van der Waals surface area contributed by atoms with E-state index in [0.29, 0.717) is 22.7 Å². The van der Waals surface area contributed by atoms with Crippen molar-refractivity contribution in [2.75, 3.05) is 17.8 Å². The molecule has 172 valence electrons. The summed E-state index contributed by atoms with van der Waals surface area (Å²) in [4.78, 5) is 13.5. The van der Waals surface area contributed by atoms with Gasteiger partial charge in [-0.3, -0.25) is 4.79 Å². The number of sulfone groups is 1. The van der Waals surface area contributed by atoms with Gasteiger partial charge in [0.2, 0.25) is 22.4 Å². The Morgan fingerprint density at radius 3 is 2.41 bits per heavy atom. The van der Waals surface area contributed by atoms with Crippen LogP contribution in [0.2, 0.25) is 0 Å². The zero-order chi connectivity index (χ0) is 23.9. The molecule has 0 bridgehead atoms. The van der Waals surface area contributed by atoms with Crippen LogP contribution < -0.4 is 20.5 Å². The lowest BCUT2D eigenvalue weighted by atomic mass is 10.1. The van der Waals surface area contributed by atoms with Crippen LogP contribution in [0.1, 0.15) is 20.8 Å². The van der Waals surface area contributed by atoms with Crippen molar-refractivity contribution in [1.82, 2.24) is 0 Å². The molecule has 1 aliphatic heterocycles. The fraction of sp³-hybridized carbons (Fsp3) is 0.0800. The summed E-state index contributed by atoms with van der Waals surface area (Å²) in [7, 11) is -4.01. The van der Waals surface area contributed by atoms with E-state index in [-0.39, 0.29) is 32.1 Å². The highest BCUT2D eigenvalue weighted by molar-refractivity contribution is 7.92. The molecule has 0 aliphatic carbocycles. The Bertz CT molecular complexity index is 1490. The molecule has 0 radical (unpaired) electrons. The summed E-state index contributed by atoms with van der Waals surface area (Å²) in [5, 5.41) is 3.42. The predicted molar refractivity (Wildman–Crippen MR) is 131 cm³/mol. The van der Waals surface area contributed by atoms with Gasteiger partial charge in [0.25, 0.3) is 0 Å². The predicted octanol–water partition coefficient (Wildman–Crippen LogP) is 5.17. The number of fused-ring (bicyclic) bond motifs is 1. The van der Waals surface area contributed by atoms with Crippen molar-refractivity contribution in [2.45, 2.75) is 16.7 Å². The molecular formula is C25H20N2O5S2. The van der Waals surface area contributed by atoms with Crippen molar-refractivity contribution in [2.24, 2.45) is 0 Å². The zero-order valence-corrected chi connectivity index (χ0v) is 19.7. The molecule has 3 aromatic carbocycles. The van der Waals surface area contributed by atoms with Gasteiger partial charge in [0.15, 0.2) is 11.5 Å². The Morgan fingerprint density at radius 2 is 1.68 bits per heavy atom. The molecule has 0 spiro atoms. The van der Waals surface area contributed by atoms with Gasteiger partial charge in [0.05, 0.1) is 10.6 Å². The van der Waals surface area contributed by atoms with Crippen LogP contribution in [-0.2, 0) is 9.84 Å². The topological polar surface area (TPSA) is 108 Å². The van der Waals surface area contributed by atoms with Crippen LogP contribution in [0, 0.1) is 6.92 Å². The monoisotopic (exact) mass is 492 g/mol. The number of nitrogens with one attached hydrogen (secondary N) is 1. The van der Waals surface area contributed by atoms with Gasteiger partial charge in [-0.05, 0) is 49.4 Å². The molecule has 0 fully saturated rings. The Kier molecular flexibility index (Phi) is 5.51. The molecule has 1 aromatic heterocycles. The average molecular weight is 493 g/mol. The van der Waals surface area contributed by atoms with Crippen molar-refractivity contribution < 1.29 is 22.7 Å². The van der Waals surface area contributed by atoms with E-state index < -0.39 is 15.6 Å². The average Bonchev–Trinajstić information content (AvgIpc) is 3.44. The second kappa shape index (κ2) is 8.51. The molecular weight excluding hydrogens is 472 g/mol. The number of anilines is 3. The maximum atomic E-state index is 13.6. The largest absolute Gasteiger partial charge is 0.454 e. The number of carbonyl (C=O) groups is 1. The van der Waals surface area contributed by atoms with Crippen LogP contribution in [0.3, 0.4) is 0 Å². The van der Waals surface area contributed by atoms with Gasteiger partial charge in [0.1, 0.15) is 14.8 Å². The number of nitrogen functional groups attached to an aromatic ring is 1. The highest BCUT2D eigenvalue weighted by Gasteiger charge is 2.32. The van der Waals surface area contributed by atoms with Crippen molar-refractivity contribution in [3.05, 3.63) is 88.8 Å². The van der Waals surface area contributed by atoms with E-state index in [4.69, 9.17) is 15.2 Å². The van der Waals surface area contributed by atoms with E-state index in [1.54, 1.807) is 36.4 Å². The van der Waals surface area contributed by atoms with Crippen molar-refractivity contribution >= 4 is 43.3 Å². The molecule has 0 atom stereocenters. The molecule has 9 heteroatoms. The summed E-state index contributed by atoms with van der Waals surface area (Å²) in [6.07, 6.45) is 0. The molecule has 3 N–H and O–H groups in total. The highest BCUT2D eigenvalue weighted by atomic mass is 32.2. The van der Waals surface area contributed by atoms with Gasteiger partial charge in [0, 0.05) is 11.3 Å². The maximum Gasteiger partial charge on any atom is 0.231 e. The van der Waals surface area contributed by atoms with Crippen molar-refractivity contribution in [3.8, 4) is 11.5 Å². The van der Waals surface area contributed by atoms with Crippen LogP contribution in [0.25, 0.3) is 0 Å². The minimum atomic E-state index is -4.01. The Morgan fingerprint density at radius 1 is 0.971 bits per heavy atom. The number of carbonyl (C=O) groups excluding carboxylic acids is 1. The number of hydrogen-bond donors (Lipinski definition) is 2. The van der Waals surface area contributed by atoms with E-state index in [1.807, 2.05) is 31.2 Å². The lowest BCUT2D eigenvalue weighted by Gasteiger charge is -2.10. The lowest BCUT2D eigenvalue weighted by molar-refractivity contribution is 0.104. The number of nitrogens with two attached hydrogens (primary N) is 1. The quantitative estimate of drug-likeness (QED) is 0.357. The Labute approximate surface area is 200 Å². The standard InChI is InChI=1S/C25H20N2O5S2/c1-15-7-10-17(11-8-15)27-25-24(34(29,30)18-5-3-2-4-6-18)21(26)23(33-25)22(28)16-9-12-19-20(13-16)32-14-31-19/h2-13,27H,14,26H2,1H3. The molecule has 4 aromatic rings. The number of ether oxygens (including phenoxy) is 2. The van der Waals surface area contributed by atoms with E-state index in [9.17, 15) is 13.2 Å². The van der Waals surface area contributed by atoms with Gasteiger partial charge in [-0.1, -0.05) is 35.9 Å². The number of benzene rings is 3. The normalized spacial score (nSPS) is 12.5. The maximum absolute atomic E-state index is 13.6. The lowest BCUT2D eigenvalue weighted by Crippen LogP contribution is -2.08. The SMILES string of the molecule is Cc1ccc(Nc2sc(C(=O)c3ccc4c(c3)OCO4)c(N)c2S(=O)(=O)c2ccccc2)cc1. The third-order valence-electron chi connectivity index (χ3n) is 5.37. The first-order valence-electron chi connectivity index (χ1n) is 10.3. The first-order valence-corrected chi connectivity index (χ1v) is 12.6. The first-order chi connectivity index (χ1) is 16.3. The van der Waals surface area contributed by atoms with E-state index in [1.165, 1.54) is 12.1 Å². The van der Waals surface area contributed by atoms with E-state index >= 15 is 0 Å². The summed E-state index contributed by atoms with van der Waals surface area (Å²) in [6.45, 7) is 2.04. The Balaban J connectivity index is 1.63. The van der Waals surface area contributed by atoms with Crippen LogP contribution in [0.5, 0.6) is 11.5 Å². The van der Waals surface area contributed by atoms with Crippen LogP contribution in [0.15, 0.2) is 82.6 Å². The Hall–Kier alpha value is -3.82. The molecule has 34 heavy (non-hydrogen) atoms. The second-order valence-electron chi connectivity index (χ2n) is 7.71. The first kappa shape index (κ1) is 22.0. The molecule has 0 saturated heterocycles. The number of hydrogen-bond acceptors (Lipinski definition) is 8. The number of ketones is 1. The molecule has 2 heterocycles. The summed E-state index contributed by atoms with van der Waals surface area (Å²) < 4.78 is 37.9. The zero-order valence-electron chi connectivity index (χ0n) is 18.1. The summed E-state index contributed by atoms with van der Waals surface area (Å²) >= 11 is 1.01. The summed E-state index contributed by atoms with van der Waals surface area (Å²) in [5.41, 5.74) is 8.34. The van der Waals surface area contributed by atoms with Crippen LogP contribution in [-0.4, -0.2) is 21.0 Å². The molecule has 7 nitrogen and oxygen atoms in total. The van der Waals surface area contributed by atoms with Gasteiger partial charge in [-0.25, -0.2) is 8.42 Å². The summed E-state index contributed by atoms with van der Waals surface area (Å²) in [5.74, 6) is 0.600. The number of thiophene rings is 1. The van der Waals surface area contributed by atoms with Crippen molar-refractivity contribution in [1.29, 1.82) is 0 Å². The van der Waals surface area contributed by atoms with Gasteiger partial charge in [-0.15, -0.1) is 11.3 Å². The van der Waals surface area contributed by atoms with E-state index in [0.717, 1.165) is 16.9 Å². The fourth-order valence-corrected chi connectivity index (χ4v) is 6.56. The van der Waals surface area contributed by atoms with Crippen LogP contribution in [0.4, 0.5) is 16.4 Å². The highest BCUT2D eigenvalue weighted by Crippen LogP contribution is 2.44. The van der Waals surface area contributed by atoms with Gasteiger partial charge in [-0.2, -0.15) is 0 Å². The molecule has 0 unspecified atom stereocenters. The summed E-state index contributed by atoms with van der Waals surface area (Å²) in [6, 6.07) is 20.3. The van der Waals surface area contributed by atoms with E-state index in [2.05, 4.69) is 5.32 Å².